The number of amides is 2. The van der Waals surface area contributed by atoms with Gasteiger partial charge in [-0.05, 0) is 31.6 Å². The largest absolute Gasteiger partial charge is 0.481 e. The van der Waals surface area contributed by atoms with Gasteiger partial charge in [0.2, 0.25) is 0 Å². The molecule has 2 amide bonds. The molecule has 2 N–H and O–H groups in total. The van der Waals surface area contributed by atoms with Crippen LogP contribution in [0.25, 0.3) is 0 Å². The van der Waals surface area contributed by atoms with Gasteiger partial charge in [0, 0.05) is 26.2 Å². The average molecular weight is 298 g/mol. The summed E-state index contributed by atoms with van der Waals surface area (Å²) < 4.78 is 0. The molecule has 0 aliphatic carbocycles. The van der Waals surface area contributed by atoms with Crippen LogP contribution in [-0.2, 0) is 4.79 Å². The first-order chi connectivity index (χ1) is 9.89. The maximum absolute atomic E-state index is 12.5. The number of piperidine rings is 2. The topological polar surface area (TPSA) is 81.1 Å². The minimum atomic E-state index is -0.744. The second-order valence-electron chi connectivity index (χ2n) is 6.49. The van der Waals surface area contributed by atoms with Crippen LogP contribution in [0.2, 0.25) is 0 Å². The minimum Gasteiger partial charge on any atom is -0.481 e. The number of urea groups is 1. The van der Waals surface area contributed by atoms with Gasteiger partial charge in [0.05, 0.1) is 11.5 Å². The zero-order valence-corrected chi connectivity index (χ0v) is 12.9. The molecule has 2 rings (SSSR count). The molecule has 0 aromatic heterocycles. The molecule has 0 aromatic rings. The first-order valence-corrected chi connectivity index (χ1v) is 7.85. The summed E-state index contributed by atoms with van der Waals surface area (Å²) in [6, 6.07) is -0.0103. The first kappa shape index (κ1) is 16.1. The molecule has 2 aliphatic heterocycles. The molecule has 0 radical (unpaired) electrons. The number of carboxylic acid groups (broad SMARTS) is 1. The van der Waals surface area contributed by atoms with E-state index >= 15 is 0 Å². The van der Waals surface area contributed by atoms with Crippen LogP contribution in [0.1, 0.15) is 39.5 Å². The number of carbonyl (C=O) groups excluding carboxylic acids is 1. The van der Waals surface area contributed by atoms with Crippen molar-refractivity contribution in [3.8, 4) is 0 Å². The lowest BCUT2D eigenvalue weighted by Crippen LogP contribution is -2.54. The summed E-state index contributed by atoms with van der Waals surface area (Å²) in [5.41, 5.74) is -0.665. The Kier molecular flexibility index (Phi) is 4.76. The van der Waals surface area contributed by atoms with Crippen LogP contribution in [0.5, 0.6) is 0 Å². The van der Waals surface area contributed by atoms with Crippen molar-refractivity contribution in [2.45, 2.75) is 45.6 Å². The van der Waals surface area contributed by atoms with Crippen molar-refractivity contribution in [3.63, 3.8) is 0 Å². The van der Waals surface area contributed by atoms with E-state index < -0.39 is 11.4 Å². The summed E-state index contributed by atoms with van der Waals surface area (Å²) >= 11 is 0. The van der Waals surface area contributed by atoms with Gasteiger partial charge in [0.1, 0.15) is 0 Å². The smallest absolute Gasteiger partial charge is 0.320 e. The van der Waals surface area contributed by atoms with Gasteiger partial charge >= 0.3 is 12.0 Å². The summed E-state index contributed by atoms with van der Waals surface area (Å²) in [7, 11) is 0. The highest BCUT2D eigenvalue weighted by Crippen LogP contribution is 2.35. The Labute approximate surface area is 125 Å². The van der Waals surface area contributed by atoms with E-state index in [4.69, 9.17) is 0 Å². The number of hydrogen-bond acceptors (Lipinski definition) is 3. The summed E-state index contributed by atoms with van der Waals surface area (Å²) in [6.07, 6.45) is 1.95. The fraction of sp³-hybridized carbons (Fsp3) is 0.867. The van der Waals surface area contributed by atoms with Crippen molar-refractivity contribution >= 4 is 12.0 Å². The van der Waals surface area contributed by atoms with Crippen LogP contribution in [-0.4, -0.2) is 64.3 Å². The predicted octanol–water partition coefficient (Wildman–Crippen LogP) is 1.39. The first-order valence-electron chi connectivity index (χ1n) is 7.85. The van der Waals surface area contributed by atoms with Gasteiger partial charge in [-0.25, -0.2) is 4.79 Å². The van der Waals surface area contributed by atoms with Crippen molar-refractivity contribution in [1.82, 2.24) is 9.80 Å². The van der Waals surface area contributed by atoms with Crippen molar-refractivity contribution in [3.05, 3.63) is 0 Å². The number of hydrogen-bond donors (Lipinski definition) is 2. The molecule has 2 heterocycles. The Morgan fingerprint density at radius 1 is 1.19 bits per heavy atom. The van der Waals surface area contributed by atoms with Gasteiger partial charge in [0.25, 0.3) is 0 Å². The zero-order chi connectivity index (χ0) is 15.6. The average Bonchev–Trinajstić information content (AvgIpc) is 2.49. The van der Waals surface area contributed by atoms with Crippen molar-refractivity contribution in [1.29, 1.82) is 0 Å². The molecule has 2 aliphatic rings. The molecule has 2 saturated heterocycles. The van der Waals surface area contributed by atoms with E-state index in [0.29, 0.717) is 51.9 Å². The monoisotopic (exact) mass is 298 g/mol. The number of likely N-dealkylation sites (tertiary alicyclic amines) is 2. The summed E-state index contributed by atoms with van der Waals surface area (Å²) in [4.78, 5) is 27.5. The standard InChI is InChI=1S/C15H26N2O4/c1-3-15(13(19)20)5-8-16(9-6-15)14(21)17-7-4-12(18)11(2)10-17/h11-12,18H,3-10H2,1-2H3,(H,19,20). The van der Waals surface area contributed by atoms with Gasteiger partial charge < -0.3 is 20.0 Å². The van der Waals surface area contributed by atoms with Crippen LogP contribution in [0.4, 0.5) is 4.79 Å². The van der Waals surface area contributed by atoms with E-state index in [-0.39, 0.29) is 18.1 Å². The normalized spacial score (nSPS) is 29.3. The maximum Gasteiger partial charge on any atom is 0.320 e. The summed E-state index contributed by atoms with van der Waals surface area (Å²) in [5.74, 6) is -0.645. The molecule has 2 unspecified atom stereocenters. The zero-order valence-electron chi connectivity index (χ0n) is 12.9. The lowest BCUT2D eigenvalue weighted by atomic mass is 9.76. The van der Waals surface area contributed by atoms with E-state index in [1.807, 2.05) is 13.8 Å². The third-order valence-corrected chi connectivity index (χ3v) is 5.25. The Hall–Kier alpha value is -1.30. The van der Waals surface area contributed by atoms with E-state index in [0.717, 1.165) is 0 Å². The Morgan fingerprint density at radius 3 is 2.29 bits per heavy atom. The molecule has 0 saturated carbocycles. The fourth-order valence-electron chi connectivity index (χ4n) is 3.35. The number of rotatable bonds is 2. The number of aliphatic carboxylic acids is 1. The number of nitrogens with zero attached hydrogens (tertiary/aromatic N) is 2. The van der Waals surface area contributed by atoms with Gasteiger partial charge in [0.15, 0.2) is 0 Å². The Morgan fingerprint density at radius 2 is 1.81 bits per heavy atom. The van der Waals surface area contributed by atoms with Crippen LogP contribution in [0.3, 0.4) is 0 Å². The quantitative estimate of drug-likeness (QED) is 0.807. The molecule has 120 valence electrons. The van der Waals surface area contributed by atoms with Gasteiger partial charge in [-0.1, -0.05) is 13.8 Å². The Balaban J connectivity index is 1.93. The highest BCUT2D eigenvalue weighted by molar-refractivity contribution is 5.77. The van der Waals surface area contributed by atoms with Gasteiger partial charge in [-0.2, -0.15) is 0 Å². The van der Waals surface area contributed by atoms with Crippen molar-refractivity contribution in [2.75, 3.05) is 26.2 Å². The van der Waals surface area contributed by atoms with E-state index in [9.17, 15) is 19.8 Å². The van der Waals surface area contributed by atoms with Crippen LogP contribution >= 0.6 is 0 Å². The molecule has 0 bridgehead atoms. The van der Waals surface area contributed by atoms with Crippen molar-refractivity contribution in [2.24, 2.45) is 11.3 Å². The molecule has 0 aromatic carbocycles. The SMILES string of the molecule is CCC1(C(=O)O)CCN(C(=O)N2CCC(O)C(C)C2)CC1. The molecule has 2 atom stereocenters. The summed E-state index contributed by atoms with van der Waals surface area (Å²) in [6.45, 7) is 6.03. The van der Waals surface area contributed by atoms with Crippen molar-refractivity contribution < 1.29 is 19.8 Å². The maximum atomic E-state index is 12.5. The fourth-order valence-corrected chi connectivity index (χ4v) is 3.35. The van der Waals surface area contributed by atoms with E-state index in [2.05, 4.69) is 0 Å². The third-order valence-electron chi connectivity index (χ3n) is 5.25. The molecule has 0 spiro atoms. The molecule has 6 nitrogen and oxygen atoms in total. The lowest BCUT2D eigenvalue weighted by molar-refractivity contribution is -0.152. The Bertz CT molecular complexity index is 404. The highest BCUT2D eigenvalue weighted by Gasteiger charge is 2.41. The minimum absolute atomic E-state index is 0.0103. The van der Waals surface area contributed by atoms with Crippen LogP contribution < -0.4 is 0 Å². The number of aliphatic hydroxyl groups is 1. The lowest BCUT2D eigenvalue weighted by Gasteiger charge is -2.42. The second kappa shape index (κ2) is 6.22. The summed E-state index contributed by atoms with van der Waals surface area (Å²) in [5, 5.41) is 19.1. The molecular weight excluding hydrogens is 272 g/mol. The molecular formula is C15H26N2O4. The molecule has 2 fully saturated rings. The van der Waals surface area contributed by atoms with Crippen LogP contribution in [0, 0.1) is 11.3 Å². The highest BCUT2D eigenvalue weighted by atomic mass is 16.4. The van der Waals surface area contributed by atoms with E-state index in [1.165, 1.54) is 0 Å². The number of carbonyl (C=O) groups is 2. The van der Waals surface area contributed by atoms with Gasteiger partial charge in [-0.15, -0.1) is 0 Å². The van der Waals surface area contributed by atoms with Gasteiger partial charge in [-0.3, -0.25) is 4.79 Å². The second-order valence-corrected chi connectivity index (χ2v) is 6.49. The molecule has 6 heteroatoms. The van der Waals surface area contributed by atoms with E-state index in [1.54, 1.807) is 9.80 Å². The number of carboxylic acids is 1. The molecule has 21 heavy (non-hydrogen) atoms. The number of aliphatic hydroxyl groups excluding tert-OH is 1. The predicted molar refractivity (Wildman–Crippen MR) is 77.9 cm³/mol. The third kappa shape index (κ3) is 3.15. The van der Waals surface area contributed by atoms with Crippen LogP contribution in [0.15, 0.2) is 0 Å².